The fourth-order valence-electron chi connectivity index (χ4n) is 15.3. The lowest BCUT2D eigenvalue weighted by atomic mass is 9.68. The van der Waals surface area contributed by atoms with Crippen LogP contribution in [0.15, 0.2) is 243 Å². The van der Waals surface area contributed by atoms with Gasteiger partial charge in [-0.25, -0.2) is 0 Å². The summed E-state index contributed by atoms with van der Waals surface area (Å²) < 4.78 is 0. The number of benzene rings is 10. The molecular weight excluding hydrogens is 1150 g/mol. The van der Waals surface area contributed by atoms with Crippen molar-refractivity contribution in [1.29, 1.82) is 0 Å². The number of hydrogen-bond acceptors (Lipinski definition) is 0. The minimum atomic E-state index is 0.0608. The molecule has 10 aromatic rings. The van der Waals surface area contributed by atoms with Crippen molar-refractivity contribution in [3.63, 3.8) is 0 Å². The highest BCUT2D eigenvalue weighted by Gasteiger charge is 2.34. The Bertz CT molecular complexity index is 3870. The molecule has 0 nitrogen and oxygen atoms in total. The minimum Gasteiger partial charge on any atom is -0.0587 e. The van der Waals surface area contributed by atoms with Gasteiger partial charge < -0.3 is 0 Å². The zero-order chi connectivity index (χ0) is 67.4. The molecule has 0 heterocycles. The lowest BCUT2D eigenvalue weighted by molar-refractivity contribution is 0.351. The molecule has 0 amide bonds. The summed E-state index contributed by atoms with van der Waals surface area (Å²) in [4.78, 5) is 0. The van der Waals surface area contributed by atoms with Crippen molar-refractivity contribution < 1.29 is 0 Å². The first kappa shape index (κ1) is 67.4. The number of aryl methyl sites for hydroxylation is 1. The molecule has 10 aromatic carbocycles. The van der Waals surface area contributed by atoms with Gasteiger partial charge in [0.2, 0.25) is 0 Å². The van der Waals surface area contributed by atoms with E-state index >= 15 is 0 Å². The first-order valence-electron chi connectivity index (χ1n) is 35.9. The molecule has 0 bridgehead atoms. The Hall–Kier alpha value is -8.58. The smallest absolute Gasteiger partial charge is 0.0340 e. The molecule has 2 aliphatic carbocycles. The molecule has 0 radical (unpaired) electrons. The molecule has 0 heteroatoms. The maximum absolute atomic E-state index is 2.42. The number of rotatable bonds is 15. The second-order valence-electron chi connectivity index (χ2n) is 32.8. The predicted octanol–water partition coefficient (Wildman–Crippen LogP) is 26.5. The summed E-state index contributed by atoms with van der Waals surface area (Å²) in [5.74, 6) is 3.08. The van der Waals surface area contributed by atoms with E-state index in [2.05, 4.69) is 369 Å². The van der Waals surface area contributed by atoms with E-state index in [1.54, 1.807) is 0 Å². The van der Waals surface area contributed by atoms with E-state index in [1.807, 2.05) is 0 Å². The van der Waals surface area contributed by atoms with Gasteiger partial charge in [0.05, 0.1) is 0 Å². The highest BCUT2D eigenvalue weighted by Crippen LogP contribution is 2.50. The molecule has 2 fully saturated rings. The predicted molar refractivity (Wildman–Crippen MR) is 416 cm³/mol. The van der Waals surface area contributed by atoms with E-state index in [-0.39, 0.29) is 27.6 Å². The molecule has 0 aliphatic heterocycles. The van der Waals surface area contributed by atoms with E-state index in [4.69, 9.17) is 0 Å². The summed E-state index contributed by atoms with van der Waals surface area (Å²) in [6, 6.07) is 93.8. The van der Waals surface area contributed by atoms with Crippen molar-refractivity contribution in [2.45, 2.75) is 192 Å². The van der Waals surface area contributed by atoms with Gasteiger partial charge in [-0.05, 0) is 208 Å². The van der Waals surface area contributed by atoms with Crippen LogP contribution >= 0.6 is 0 Å². The molecule has 2 aliphatic rings. The molecule has 2 saturated carbocycles. The third-order valence-corrected chi connectivity index (χ3v) is 21.5. The summed E-state index contributed by atoms with van der Waals surface area (Å²) in [7, 11) is 0. The summed E-state index contributed by atoms with van der Waals surface area (Å²) in [5, 5.41) is 0. The van der Waals surface area contributed by atoms with Crippen LogP contribution in [0, 0.1) is 6.92 Å². The van der Waals surface area contributed by atoms with E-state index in [1.165, 1.54) is 150 Å². The average Bonchev–Trinajstić information content (AvgIpc) is 0.833. The fourth-order valence-corrected chi connectivity index (χ4v) is 15.3. The zero-order valence-electron chi connectivity index (χ0n) is 59.8. The molecule has 0 aromatic heterocycles. The maximum Gasteiger partial charge on any atom is 0.0340 e. The Morgan fingerprint density at radius 3 is 0.552 bits per heavy atom. The van der Waals surface area contributed by atoms with Crippen LogP contribution in [0.3, 0.4) is 0 Å². The SMILES string of the molecule is Cc1ccc(/C=C/c2ccc(C(c3ccc(/C=C/c4ccc(C5CC(c6ccc(C(C)(C)C)cc6)CC(c6ccc(C(C)(C)C)cc6)C5)cc4)cc3)c3ccc(/C=C/c4ccc(C5CC(c6ccc(C(C)(C)C)cc6)CC(c6ccc(C(C)(C)C)cc6)C5)cc4)cc3)cc2)cc1. The Morgan fingerprint density at radius 1 is 0.219 bits per heavy atom. The molecular formula is C96H104. The van der Waals surface area contributed by atoms with Crippen molar-refractivity contribution in [2.75, 3.05) is 0 Å². The molecule has 96 heavy (non-hydrogen) atoms. The quantitative estimate of drug-likeness (QED) is 0.0709. The summed E-state index contributed by atoms with van der Waals surface area (Å²) >= 11 is 0. The minimum absolute atomic E-state index is 0.0608. The first-order valence-corrected chi connectivity index (χ1v) is 35.9. The van der Waals surface area contributed by atoms with Gasteiger partial charge in [0.1, 0.15) is 0 Å². The number of hydrogen-bond donors (Lipinski definition) is 0. The second-order valence-corrected chi connectivity index (χ2v) is 32.8. The second kappa shape index (κ2) is 28.6. The van der Waals surface area contributed by atoms with Crippen LogP contribution < -0.4 is 0 Å². The average molecular weight is 1260 g/mol. The standard InChI is InChI=1S/C96H104/c1-66-14-16-67(17-15-66)18-19-70-28-38-79(39-29-70)92(80-40-30-71(31-41-80)22-20-68-24-34-73(35-25-68)82-60-84(75-44-52-88(53-45-75)93(2,3)4)64-85(61-82)76-46-54-89(55-47-76)94(5,6)7)81-42-32-72(33-43-81)23-21-69-26-36-74(37-27-69)83-62-86(77-48-56-90(57-49-77)95(8,9)10)65-87(63-83)78-50-58-91(59-51-78)96(11,12)13/h14-59,82-87,92H,60-65H2,1-13H3/b19-18+,22-20+,23-21+. The van der Waals surface area contributed by atoms with Crippen molar-refractivity contribution >= 4 is 36.5 Å². The van der Waals surface area contributed by atoms with E-state index in [9.17, 15) is 0 Å². The van der Waals surface area contributed by atoms with Crippen molar-refractivity contribution in [1.82, 2.24) is 0 Å². The van der Waals surface area contributed by atoms with Crippen LogP contribution in [0.2, 0.25) is 0 Å². The van der Waals surface area contributed by atoms with Gasteiger partial charge in [-0.2, -0.15) is 0 Å². The van der Waals surface area contributed by atoms with Gasteiger partial charge >= 0.3 is 0 Å². The van der Waals surface area contributed by atoms with Crippen molar-refractivity contribution in [3.8, 4) is 0 Å². The van der Waals surface area contributed by atoms with Crippen LogP contribution in [0.25, 0.3) is 36.5 Å². The Balaban J connectivity index is 0.752. The third-order valence-electron chi connectivity index (χ3n) is 21.5. The third kappa shape index (κ3) is 16.8. The Labute approximate surface area is 578 Å². The molecule has 4 atom stereocenters. The van der Waals surface area contributed by atoms with E-state index in [0.717, 1.165) is 0 Å². The van der Waals surface area contributed by atoms with Crippen LogP contribution in [0.5, 0.6) is 0 Å². The lowest BCUT2D eigenvalue weighted by Crippen LogP contribution is -2.20. The van der Waals surface area contributed by atoms with Gasteiger partial charge in [0.25, 0.3) is 0 Å². The highest BCUT2D eigenvalue weighted by atomic mass is 14.4. The van der Waals surface area contributed by atoms with Crippen LogP contribution in [-0.4, -0.2) is 0 Å². The largest absolute Gasteiger partial charge is 0.0587 e. The summed E-state index contributed by atoms with van der Waals surface area (Å²) in [5.41, 5.74) is 27.3. The normalized spacial score (nSPS) is 19.3. The molecule has 0 spiro atoms. The van der Waals surface area contributed by atoms with Gasteiger partial charge in [-0.15, -0.1) is 0 Å². The van der Waals surface area contributed by atoms with Gasteiger partial charge in [-0.3, -0.25) is 0 Å². The van der Waals surface area contributed by atoms with E-state index < -0.39 is 0 Å². The molecule has 12 rings (SSSR count). The van der Waals surface area contributed by atoms with Crippen LogP contribution in [0.4, 0.5) is 0 Å². The van der Waals surface area contributed by atoms with Gasteiger partial charge in [-0.1, -0.05) is 368 Å². The van der Waals surface area contributed by atoms with Gasteiger partial charge in [0, 0.05) is 5.92 Å². The molecule has 4 unspecified atom stereocenters. The van der Waals surface area contributed by atoms with Crippen molar-refractivity contribution in [2.24, 2.45) is 0 Å². The highest BCUT2D eigenvalue weighted by molar-refractivity contribution is 5.72. The molecule has 488 valence electrons. The van der Waals surface area contributed by atoms with E-state index in [0.29, 0.717) is 35.5 Å². The van der Waals surface area contributed by atoms with Gasteiger partial charge in [0.15, 0.2) is 0 Å². The zero-order valence-corrected chi connectivity index (χ0v) is 59.8. The fraction of sp³-hybridized carbons (Fsp3) is 0.312. The lowest BCUT2D eigenvalue weighted by Gasteiger charge is -2.36. The topological polar surface area (TPSA) is 0 Å². The van der Waals surface area contributed by atoms with Crippen LogP contribution in [-0.2, 0) is 21.7 Å². The maximum atomic E-state index is 2.42. The van der Waals surface area contributed by atoms with Crippen LogP contribution in [0.1, 0.15) is 274 Å². The first-order chi connectivity index (χ1) is 45.9. The Kier molecular flexibility index (Phi) is 20.1. The molecule has 0 N–H and O–H groups in total. The summed E-state index contributed by atoms with van der Waals surface area (Å²) in [6.45, 7) is 29.9. The Morgan fingerprint density at radius 2 is 0.375 bits per heavy atom. The monoisotopic (exact) mass is 1260 g/mol. The summed E-state index contributed by atoms with van der Waals surface area (Å²) in [6.07, 6.45) is 20.6. The molecule has 0 saturated heterocycles. The van der Waals surface area contributed by atoms with Crippen molar-refractivity contribution in [3.05, 3.63) is 354 Å².